The van der Waals surface area contributed by atoms with Crippen LogP contribution < -0.4 is 5.32 Å². The topological polar surface area (TPSA) is 58.6 Å². The number of esters is 1. The Labute approximate surface area is 104 Å². The Balaban J connectivity index is 2.22. The van der Waals surface area contributed by atoms with Crippen LogP contribution in [0.4, 0.5) is 0 Å². The second kappa shape index (κ2) is 7.03. The number of ether oxygens (including phenoxy) is 1. The minimum atomic E-state index is -0.349. The van der Waals surface area contributed by atoms with Gasteiger partial charge < -0.3 is 10.1 Å². The van der Waals surface area contributed by atoms with Crippen LogP contribution in [0.3, 0.4) is 0 Å². The third-order valence-corrected chi connectivity index (χ3v) is 2.96. The summed E-state index contributed by atoms with van der Waals surface area (Å²) in [7, 11) is 3.02. The Bertz CT molecular complexity index is 365. The maximum atomic E-state index is 11.5. The maximum Gasteiger partial charge on any atom is 0.319 e. The highest BCUT2D eigenvalue weighted by atomic mass is 32.1. The average Bonchev–Trinajstić information content (AvgIpc) is 2.78. The van der Waals surface area contributed by atoms with Gasteiger partial charge in [-0.1, -0.05) is 6.07 Å². The Morgan fingerprint density at radius 1 is 1.47 bits per heavy atom. The highest BCUT2D eigenvalue weighted by Gasteiger charge is 2.10. The molecule has 0 aliphatic rings. The minimum absolute atomic E-state index is 0.107. The van der Waals surface area contributed by atoms with Crippen molar-refractivity contribution in [3.05, 3.63) is 22.4 Å². The van der Waals surface area contributed by atoms with Crippen LogP contribution in [-0.2, 0) is 20.9 Å². The SMILES string of the molecule is COC(=O)CN(C)CC(=O)NCc1cccs1. The summed E-state index contributed by atoms with van der Waals surface area (Å²) >= 11 is 1.60. The van der Waals surface area contributed by atoms with E-state index in [9.17, 15) is 9.59 Å². The molecule has 1 rings (SSSR count). The van der Waals surface area contributed by atoms with Gasteiger partial charge in [0.2, 0.25) is 5.91 Å². The Morgan fingerprint density at radius 2 is 2.24 bits per heavy atom. The number of hydrogen-bond acceptors (Lipinski definition) is 5. The zero-order chi connectivity index (χ0) is 12.7. The van der Waals surface area contributed by atoms with E-state index in [1.54, 1.807) is 23.3 Å². The fraction of sp³-hybridized carbons (Fsp3) is 0.455. The number of likely N-dealkylation sites (N-methyl/N-ethyl adjacent to an activating group) is 1. The molecule has 5 nitrogen and oxygen atoms in total. The lowest BCUT2D eigenvalue weighted by molar-refractivity contribution is -0.141. The average molecular weight is 256 g/mol. The summed E-state index contributed by atoms with van der Waals surface area (Å²) in [6.07, 6.45) is 0. The summed E-state index contributed by atoms with van der Waals surface area (Å²) in [5.74, 6) is -0.455. The molecule has 0 saturated carbocycles. The van der Waals surface area contributed by atoms with Gasteiger partial charge >= 0.3 is 5.97 Å². The molecule has 1 amide bonds. The Kier molecular flexibility index (Phi) is 5.65. The molecule has 0 aromatic carbocycles. The van der Waals surface area contributed by atoms with Crippen molar-refractivity contribution in [2.24, 2.45) is 0 Å². The molecule has 0 radical (unpaired) electrons. The summed E-state index contributed by atoms with van der Waals surface area (Å²) in [5.41, 5.74) is 0. The van der Waals surface area contributed by atoms with Gasteiger partial charge in [0.1, 0.15) is 0 Å². The van der Waals surface area contributed by atoms with Crippen LogP contribution in [0.5, 0.6) is 0 Å². The number of hydrogen-bond donors (Lipinski definition) is 1. The van der Waals surface area contributed by atoms with Crippen molar-refractivity contribution in [2.75, 3.05) is 27.2 Å². The molecule has 1 aromatic heterocycles. The number of thiophene rings is 1. The number of carbonyl (C=O) groups is 2. The summed E-state index contributed by atoms with van der Waals surface area (Å²) in [4.78, 5) is 25.2. The van der Waals surface area contributed by atoms with Gasteiger partial charge in [-0.25, -0.2) is 0 Å². The van der Waals surface area contributed by atoms with E-state index < -0.39 is 0 Å². The van der Waals surface area contributed by atoms with E-state index in [1.807, 2.05) is 17.5 Å². The zero-order valence-electron chi connectivity index (χ0n) is 9.93. The van der Waals surface area contributed by atoms with Gasteiger partial charge in [-0.3, -0.25) is 14.5 Å². The van der Waals surface area contributed by atoms with Crippen molar-refractivity contribution >= 4 is 23.2 Å². The number of nitrogens with one attached hydrogen (secondary N) is 1. The van der Waals surface area contributed by atoms with Crippen molar-refractivity contribution in [3.8, 4) is 0 Å². The van der Waals surface area contributed by atoms with Crippen LogP contribution in [0.2, 0.25) is 0 Å². The van der Waals surface area contributed by atoms with Crippen molar-refractivity contribution < 1.29 is 14.3 Å². The van der Waals surface area contributed by atoms with Crippen molar-refractivity contribution in [1.82, 2.24) is 10.2 Å². The van der Waals surface area contributed by atoms with Crippen LogP contribution >= 0.6 is 11.3 Å². The van der Waals surface area contributed by atoms with E-state index in [2.05, 4.69) is 10.1 Å². The lowest BCUT2D eigenvalue weighted by Crippen LogP contribution is -2.37. The lowest BCUT2D eigenvalue weighted by Gasteiger charge is -2.14. The maximum absolute atomic E-state index is 11.5. The normalized spacial score (nSPS) is 10.3. The Hall–Kier alpha value is -1.40. The molecule has 0 bridgehead atoms. The molecule has 0 saturated heterocycles. The second-order valence-electron chi connectivity index (χ2n) is 3.60. The van der Waals surface area contributed by atoms with E-state index in [0.717, 1.165) is 4.88 Å². The number of carbonyl (C=O) groups excluding carboxylic acids is 2. The molecule has 0 fully saturated rings. The van der Waals surface area contributed by atoms with Crippen LogP contribution in [-0.4, -0.2) is 44.0 Å². The molecule has 17 heavy (non-hydrogen) atoms. The number of rotatable bonds is 6. The molecule has 0 unspecified atom stereocenters. The largest absolute Gasteiger partial charge is 0.468 e. The first-order chi connectivity index (χ1) is 8.11. The molecule has 0 aliphatic heterocycles. The molecule has 0 aliphatic carbocycles. The molecule has 1 N–H and O–H groups in total. The first kappa shape index (κ1) is 13.7. The monoisotopic (exact) mass is 256 g/mol. The highest BCUT2D eigenvalue weighted by Crippen LogP contribution is 2.07. The highest BCUT2D eigenvalue weighted by molar-refractivity contribution is 7.09. The second-order valence-corrected chi connectivity index (χ2v) is 4.64. The van der Waals surface area contributed by atoms with E-state index in [-0.39, 0.29) is 25.0 Å². The molecule has 1 aromatic rings. The summed E-state index contributed by atoms with van der Waals surface area (Å²) < 4.78 is 4.51. The summed E-state index contributed by atoms with van der Waals surface area (Å²) in [6.45, 7) is 0.825. The first-order valence-electron chi connectivity index (χ1n) is 5.16. The molecule has 94 valence electrons. The third-order valence-electron chi connectivity index (χ3n) is 2.08. The van der Waals surface area contributed by atoms with Crippen LogP contribution in [0, 0.1) is 0 Å². The standard InChI is InChI=1S/C11H16N2O3S/c1-13(8-11(15)16-2)7-10(14)12-6-9-4-3-5-17-9/h3-5H,6-8H2,1-2H3,(H,12,14). The molecule has 0 atom stereocenters. The number of amides is 1. The van der Waals surface area contributed by atoms with Gasteiger partial charge in [-0.05, 0) is 18.5 Å². The predicted molar refractivity (Wildman–Crippen MR) is 65.7 cm³/mol. The van der Waals surface area contributed by atoms with Crippen molar-refractivity contribution in [2.45, 2.75) is 6.54 Å². The van der Waals surface area contributed by atoms with Gasteiger partial charge in [0.15, 0.2) is 0 Å². The van der Waals surface area contributed by atoms with Crippen LogP contribution in [0.25, 0.3) is 0 Å². The van der Waals surface area contributed by atoms with Gasteiger partial charge in [-0.2, -0.15) is 0 Å². The van der Waals surface area contributed by atoms with E-state index in [4.69, 9.17) is 0 Å². The molecular weight excluding hydrogens is 240 g/mol. The predicted octanol–water partition coefficient (Wildman–Crippen LogP) is 0.469. The van der Waals surface area contributed by atoms with Crippen molar-refractivity contribution in [1.29, 1.82) is 0 Å². The number of methoxy groups -OCH3 is 1. The quantitative estimate of drug-likeness (QED) is 0.752. The Morgan fingerprint density at radius 3 is 2.82 bits per heavy atom. The molecule has 1 heterocycles. The zero-order valence-corrected chi connectivity index (χ0v) is 10.8. The van der Waals surface area contributed by atoms with E-state index in [0.29, 0.717) is 6.54 Å². The first-order valence-corrected chi connectivity index (χ1v) is 6.04. The van der Waals surface area contributed by atoms with Gasteiger partial charge in [0.05, 0.1) is 26.7 Å². The van der Waals surface area contributed by atoms with Crippen molar-refractivity contribution in [3.63, 3.8) is 0 Å². The van der Waals surface area contributed by atoms with Crippen LogP contribution in [0.1, 0.15) is 4.88 Å². The smallest absolute Gasteiger partial charge is 0.319 e. The fourth-order valence-corrected chi connectivity index (χ4v) is 1.89. The lowest BCUT2D eigenvalue weighted by atomic mass is 10.4. The summed E-state index contributed by atoms with van der Waals surface area (Å²) in [5, 5.41) is 4.75. The van der Waals surface area contributed by atoms with E-state index >= 15 is 0 Å². The fourth-order valence-electron chi connectivity index (χ4n) is 1.24. The summed E-state index contributed by atoms with van der Waals surface area (Å²) in [6, 6.07) is 3.90. The number of nitrogens with zero attached hydrogens (tertiary/aromatic N) is 1. The van der Waals surface area contributed by atoms with E-state index in [1.165, 1.54) is 7.11 Å². The van der Waals surface area contributed by atoms with Gasteiger partial charge in [0, 0.05) is 4.88 Å². The van der Waals surface area contributed by atoms with Gasteiger partial charge in [0.25, 0.3) is 0 Å². The minimum Gasteiger partial charge on any atom is -0.468 e. The third kappa shape index (κ3) is 5.46. The molecule has 6 heteroatoms. The van der Waals surface area contributed by atoms with Gasteiger partial charge in [-0.15, -0.1) is 11.3 Å². The molecular formula is C11H16N2O3S. The molecule has 0 spiro atoms. The van der Waals surface area contributed by atoms with Crippen LogP contribution in [0.15, 0.2) is 17.5 Å².